The molecule has 0 fully saturated rings. The van der Waals surface area contributed by atoms with Crippen LogP contribution >= 0.6 is 0 Å². The molecule has 4 N–H and O–H groups in total. The zero-order chi connectivity index (χ0) is 26.2. The van der Waals surface area contributed by atoms with E-state index in [1.807, 2.05) is 84.9 Å². The smallest absolute Gasteiger partial charge is 0.311 e. The van der Waals surface area contributed by atoms with Gasteiger partial charge in [-0.2, -0.15) is 0 Å². The number of benzene rings is 4. The van der Waals surface area contributed by atoms with Crippen molar-refractivity contribution in [3.63, 3.8) is 0 Å². The predicted octanol–water partition coefficient (Wildman–Crippen LogP) is 4.97. The standard InChI is InChI=1S/C31H29N3O3/c1-37-31(36)27(19-22-10-7-13-25(18-22)29(32)33)28(17-14-21-8-3-2-4-9-21)34-30(35)26-16-15-23-11-5-6-12-24(23)20-26/h2-18,20,27-28H,19H2,1H3,(H3,32,33)(H,34,35)/b17-14+/t27-,28-/m1/s1. The Hall–Kier alpha value is -4.71. The maximum atomic E-state index is 13.4. The lowest BCUT2D eigenvalue weighted by Crippen LogP contribution is -2.43. The fourth-order valence-electron chi connectivity index (χ4n) is 4.26. The van der Waals surface area contributed by atoms with E-state index in [0.717, 1.165) is 21.9 Å². The van der Waals surface area contributed by atoms with Crippen molar-refractivity contribution in [2.75, 3.05) is 7.11 Å². The molecule has 0 aliphatic rings. The molecule has 37 heavy (non-hydrogen) atoms. The van der Waals surface area contributed by atoms with Gasteiger partial charge < -0.3 is 15.8 Å². The van der Waals surface area contributed by atoms with E-state index in [9.17, 15) is 9.59 Å². The molecule has 0 aliphatic carbocycles. The molecule has 0 saturated heterocycles. The number of hydrogen-bond donors (Lipinski definition) is 3. The Morgan fingerprint density at radius 2 is 1.62 bits per heavy atom. The van der Waals surface area contributed by atoms with E-state index in [-0.39, 0.29) is 18.2 Å². The van der Waals surface area contributed by atoms with E-state index in [0.29, 0.717) is 11.1 Å². The van der Waals surface area contributed by atoms with Crippen LogP contribution in [-0.4, -0.2) is 30.9 Å². The van der Waals surface area contributed by atoms with Crippen molar-refractivity contribution in [1.82, 2.24) is 5.32 Å². The molecule has 6 nitrogen and oxygen atoms in total. The molecule has 0 saturated carbocycles. The van der Waals surface area contributed by atoms with Crippen molar-refractivity contribution in [2.45, 2.75) is 12.5 Å². The van der Waals surface area contributed by atoms with E-state index in [1.54, 1.807) is 24.3 Å². The molecular weight excluding hydrogens is 462 g/mol. The first-order valence-electron chi connectivity index (χ1n) is 12.0. The van der Waals surface area contributed by atoms with Crippen LogP contribution in [-0.2, 0) is 16.0 Å². The molecule has 0 heterocycles. The number of amidine groups is 1. The Balaban J connectivity index is 1.68. The molecule has 0 aromatic heterocycles. The summed E-state index contributed by atoms with van der Waals surface area (Å²) >= 11 is 0. The Morgan fingerprint density at radius 3 is 2.35 bits per heavy atom. The Morgan fingerprint density at radius 1 is 0.892 bits per heavy atom. The van der Waals surface area contributed by atoms with Crippen molar-refractivity contribution >= 4 is 34.6 Å². The number of nitrogens with one attached hydrogen (secondary N) is 2. The lowest BCUT2D eigenvalue weighted by Gasteiger charge is -2.24. The third-order valence-corrected chi connectivity index (χ3v) is 6.24. The molecule has 4 aromatic rings. The van der Waals surface area contributed by atoms with Crippen LogP contribution in [0, 0.1) is 11.3 Å². The van der Waals surface area contributed by atoms with E-state index in [4.69, 9.17) is 15.9 Å². The van der Waals surface area contributed by atoms with Crippen LogP contribution < -0.4 is 11.1 Å². The molecule has 0 radical (unpaired) electrons. The zero-order valence-corrected chi connectivity index (χ0v) is 20.6. The van der Waals surface area contributed by atoms with Gasteiger partial charge in [0.05, 0.1) is 19.1 Å². The normalized spacial score (nSPS) is 12.7. The summed E-state index contributed by atoms with van der Waals surface area (Å²) in [5.74, 6) is -1.51. The Kier molecular flexibility index (Phi) is 8.11. The van der Waals surface area contributed by atoms with Crippen LogP contribution in [0.1, 0.15) is 27.0 Å². The Bertz CT molecular complexity index is 1450. The fraction of sp³-hybridized carbons (Fsp3) is 0.129. The molecule has 0 unspecified atom stereocenters. The van der Waals surface area contributed by atoms with Gasteiger partial charge in [-0.3, -0.25) is 15.0 Å². The number of carbonyl (C=O) groups is 2. The van der Waals surface area contributed by atoms with Gasteiger partial charge >= 0.3 is 5.97 Å². The number of hydrogen-bond acceptors (Lipinski definition) is 4. The van der Waals surface area contributed by atoms with Crippen molar-refractivity contribution in [3.8, 4) is 0 Å². The van der Waals surface area contributed by atoms with Crippen molar-refractivity contribution < 1.29 is 14.3 Å². The first kappa shape index (κ1) is 25.4. The highest BCUT2D eigenvalue weighted by Gasteiger charge is 2.30. The monoisotopic (exact) mass is 491 g/mol. The van der Waals surface area contributed by atoms with Crippen LogP contribution in [0.5, 0.6) is 0 Å². The largest absolute Gasteiger partial charge is 0.469 e. The third kappa shape index (κ3) is 6.49. The second-order valence-corrected chi connectivity index (χ2v) is 8.78. The van der Waals surface area contributed by atoms with Crippen molar-refractivity contribution in [2.24, 2.45) is 11.7 Å². The van der Waals surface area contributed by atoms with Gasteiger partial charge in [0.15, 0.2) is 0 Å². The maximum Gasteiger partial charge on any atom is 0.311 e. The van der Waals surface area contributed by atoms with Crippen LogP contribution in [0.3, 0.4) is 0 Å². The molecule has 4 rings (SSSR count). The summed E-state index contributed by atoms with van der Waals surface area (Å²) in [7, 11) is 1.34. The van der Waals surface area contributed by atoms with Gasteiger partial charge in [-0.15, -0.1) is 0 Å². The number of nitrogens with two attached hydrogens (primary N) is 1. The first-order valence-corrected chi connectivity index (χ1v) is 12.0. The van der Waals surface area contributed by atoms with Gasteiger partial charge in [-0.05, 0) is 46.5 Å². The molecule has 0 spiro atoms. The summed E-state index contributed by atoms with van der Waals surface area (Å²) in [6.07, 6.45) is 3.99. The highest BCUT2D eigenvalue weighted by atomic mass is 16.5. The molecule has 186 valence electrons. The summed E-state index contributed by atoms with van der Waals surface area (Å²) in [6, 6.07) is 29.5. The minimum Gasteiger partial charge on any atom is -0.469 e. The third-order valence-electron chi connectivity index (χ3n) is 6.24. The summed E-state index contributed by atoms with van der Waals surface area (Å²) in [5.41, 5.74) is 8.48. The van der Waals surface area contributed by atoms with Crippen LogP contribution in [0.25, 0.3) is 16.8 Å². The van der Waals surface area contributed by atoms with Crippen molar-refractivity contribution in [3.05, 3.63) is 125 Å². The summed E-state index contributed by atoms with van der Waals surface area (Å²) < 4.78 is 5.15. The highest BCUT2D eigenvalue weighted by molar-refractivity contribution is 5.99. The molecule has 1 amide bonds. The van der Waals surface area contributed by atoms with Gasteiger partial charge in [0.1, 0.15) is 5.84 Å². The molecule has 0 bridgehead atoms. The topological polar surface area (TPSA) is 105 Å². The fourth-order valence-corrected chi connectivity index (χ4v) is 4.26. The SMILES string of the molecule is COC(=O)[C@H](Cc1cccc(C(=N)N)c1)[C@@H](/C=C/c1ccccc1)NC(=O)c1ccc2ccccc2c1. The van der Waals surface area contributed by atoms with Crippen LogP contribution in [0.2, 0.25) is 0 Å². The summed E-state index contributed by atoms with van der Waals surface area (Å²) in [4.78, 5) is 26.4. The van der Waals surface area contributed by atoms with E-state index < -0.39 is 17.9 Å². The van der Waals surface area contributed by atoms with Crippen LogP contribution in [0.4, 0.5) is 0 Å². The highest BCUT2D eigenvalue weighted by Crippen LogP contribution is 2.20. The van der Waals surface area contributed by atoms with Crippen molar-refractivity contribution in [1.29, 1.82) is 5.41 Å². The quantitative estimate of drug-likeness (QED) is 0.175. The number of ether oxygens (including phenoxy) is 1. The minimum absolute atomic E-state index is 0.0541. The van der Waals surface area contributed by atoms with E-state index in [1.165, 1.54) is 7.11 Å². The number of esters is 1. The first-order chi connectivity index (χ1) is 17.9. The number of rotatable bonds is 9. The van der Waals surface area contributed by atoms with Crippen LogP contribution in [0.15, 0.2) is 103 Å². The molecule has 6 heteroatoms. The average Bonchev–Trinajstić information content (AvgIpc) is 2.94. The maximum absolute atomic E-state index is 13.4. The molecule has 4 aromatic carbocycles. The lowest BCUT2D eigenvalue weighted by atomic mass is 9.90. The molecule has 0 aliphatic heterocycles. The number of carbonyl (C=O) groups excluding carboxylic acids is 2. The molecular formula is C31H29N3O3. The van der Waals surface area contributed by atoms with Gasteiger partial charge in [0, 0.05) is 11.1 Å². The Labute approximate surface area is 216 Å². The lowest BCUT2D eigenvalue weighted by molar-refractivity contribution is -0.145. The number of methoxy groups -OCH3 is 1. The van der Waals surface area contributed by atoms with Gasteiger partial charge in [-0.1, -0.05) is 91.0 Å². The van der Waals surface area contributed by atoms with E-state index in [2.05, 4.69) is 5.32 Å². The summed E-state index contributed by atoms with van der Waals surface area (Å²) in [6.45, 7) is 0. The minimum atomic E-state index is -0.712. The van der Waals surface area contributed by atoms with Gasteiger partial charge in [-0.25, -0.2) is 0 Å². The second-order valence-electron chi connectivity index (χ2n) is 8.78. The number of fused-ring (bicyclic) bond motifs is 1. The number of nitrogen functional groups attached to an aromatic ring is 1. The van der Waals surface area contributed by atoms with Gasteiger partial charge in [0.25, 0.3) is 5.91 Å². The number of amides is 1. The van der Waals surface area contributed by atoms with E-state index >= 15 is 0 Å². The zero-order valence-electron chi connectivity index (χ0n) is 20.6. The van der Waals surface area contributed by atoms with Gasteiger partial charge in [0.2, 0.25) is 0 Å². The molecule has 2 atom stereocenters. The summed E-state index contributed by atoms with van der Waals surface area (Å²) in [5, 5.41) is 12.8. The average molecular weight is 492 g/mol. The predicted molar refractivity (Wildman–Crippen MR) is 147 cm³/mol. The second kappa shape index (κ2) is 11.8.